The van der Waals surface area contributed by atoms with Crippen molar-refractivity contribution >= 4 is 39.5 Å². The third kappa shape index (κ3) is 5.79. The summed E-state index contributed by atoms with van der Waals surface area (Å²) in [7, 11) is 0. The molecule has 25 heavy (non-hydrogen) atoms. The second-order valence-electron chi connectivity index (χ2n) is 4.95. The molecule has 0 bridgehead atoms. The summed E-state index contributed by atoms with van der Waals surface area (Å²) >= 11 is 3.31. The minimum absolute atomic E-state index is 0.0336. The molecule has 0 unspecified atom stereocenters. The van der Waals surface area contributed by atoms with E-state index in [0.717, 1.165) is 4.47 Å². The van der Waals surface area contributed by atoms with E-state index in [4.69, 9.17) is 10.5 Å². The van der Waals surface area contributed by atoms with Gasteiger partial charge in [-0.25, -0.2) is 0 Å². The minimum Gasteiger partial charge on any atom is -0.484 e. The molecule has 126 valence electrons. The molecule has 0 fully saturated rings. The van der Waals surface area contributed by atoms with Crippen molar-refractivity contribution in [1.29, 1.82) is 5.26 Å². The lowest BCUT2D eigenvalue weighted by atomic mass is 10.1. The first kappa shape index (κ1) is 18.2. The maximum Gasteiger partial charge on any atom is 0.266 e. The Balaban J connectivity index is 2.08. The summed E-state index contributed by atoms with van der Waals surface area (Å²) in [6.07, 6.45) is 1.46. The number of hydrogen-bond donors (Lipinski definition) is 2. The van der Waals surface area contributed by atoms with Crippen molar-refractivity contribution in [3.63, 3.8) is 0 Å². The van der Waals surface area contributed by atoms with Crippen LogP contribution >= 0.6 is 15.9 Å². The Labute approximate surface area is 153 Å². The van der Waals surface area contributed by atoms with Gasteiger partial charge in [-0.1, -0.05) is 28.1 Å². The Hall–Kier alpha value is -3.11. The third-order valence-electron chi connectivity index (χ3n) is 3.04. The molecule has 6 nitrogen and oxygen atoms in total. The molecule has 0 aromatic heterocycles. The lowest BCUT2D eigenvalue weighted by Gasteiger charge is -2.05. The highest BCUT2D eigenvalue weighted by Gasteiger charge is 2.09. The van der Waals surface area contributed by atoms with Crippen LogP contribution in [0, 0.1) is 11.3 Å². The number of halogens is 1. The van der Waals surface area contributed by atoms with E-state index in [1.165, 1.54) is 6.08 Å². The van der Waals surface area contributed by atoms with Crippen molar-refractivity contribution in [3.8, 4) is 11.8 Å². The summed E-state index contributed by atoms with van der Waals surface area (Å²) in [5.41, 5.74) is 6.20. The van der Waals surface area contributed by atoms with Gasteiger partial charge in [0.05, 0.1) is 0 Å². The van der Waals surface area contributed by atoms with Gasteiger partial charge in [-0.3, -0.25) is 9.59 Å². The number of anilines is 1. The van der Waals surface area contributed by atoms with E-state index < -0.39 is 11.8 Å². The van der Waals surface area contributed by atoms with Crippen molar-refractivity contribution < 1.29 is 14.3 Å². The van der Waals surface area contributed by atoms with Crippen molar-refractivity contribution in [3.05, 3.63) is 64.1 Å². The smallest absolute Gasteiger partial charge is 0.266 e. The molecule has 0 radical (unpaired) electrons. The van der Waals surface area contributed by atoms with E-state index in [1.54, 1.807) is 48.5 Å². The largest absolute Gasteiger partial charge is 0.484 e. The number of nitriles is 1. The van der Waals surface area contributed by atoms with Crippen LogP contribution in [-0.4, -0.2) is 18.4 Å². The van der Waals surface area contributed by atoms with Gasteiger partial charge in [-0.05, 0) is 48.0 Å². The molecule has 3 N–H and O–H groups in total. The molecule has 2 aromatic rings. The first-order valence-corrected chi connectivity index (χ1v) is 7.97. The summed E-state index contributed by atoms with van der Waals surface area (Å²) in [5, 5.41) is 11.9. The van der Waals surface area contributed by atoms with Crippen molar-refractivity contribution in [2.24, 2.45) is 5.73 Å². The van der Waals surface area contributed by atoms with E-state index in [0.29, 0.717) is 17.0 Å². The fourth-order valence-corrected chi connectivity index (χ4v) is 2.13. The molecule has 2 rings (SSSR count). The van der Waals surface area contributed by atoms with Crippen LogP contribution in [-0.2, 0) is 9.59 Å². The summed E-state index contributed by atoms with van der Waals surface area (Å²) in [6, 6.07) is 15.5. The Kier molecular flexibility index (Phi) is 6.32. The molecule has 0 aliphatic rings. The fraction of sp³-hybridized carbons (Fsp3) is 0.0556. The number of carbonyl (C=O) groups is 2. The number of hydrogen-bond acceptors (Lipinski definition) is 4. The molecule has 0 atom stereocenters. The van der Waals surface area contributed by atoms with Crippen LogP contribution in [0.4, 0.5) is 5.69 Å². The van der Waals surface area contributed by atoms with Crippen LogP contribution in [0.2, 0.25) is 0 Å². The molecule has 2 aromatic carbocycles. The highest BCUT2D eigenvalue weighted by molar-refractivity contribution is 9.10. The monoisotopic (exact) mass is 399 g/mol. The van der Waals surface area contributed by atoms with E-state index >= 15 is 0 Å². The quantitative estimate of drug-likeness (QED) is 0.575. The Morgan fingerprint density at radius 2 is 1.80 bits per heavy atom. The van der Waals surface area contributed by atoms with Crippen molar-refractivity contribution in [2.75, 3.05) is 11.9 Å². The van der Waals surface area contributed by atoms with E-state index in [9.17, 15) is 14.9 Å². The van der Waals surface area contributed by atoms with Crippen LogP contribution in [0.25, 0.3) is 6.08 Å². The Morgan fingerprint density at radius 3 is 2.36 bits per heavy atom. The molecule has 0 aliphatic carbocycles. The predicted octanol–water partition coefficient (Wildman–Crippen LogP) is 2.86. The van der Waals surface area contributed by atoms with E-state index in [2.05, 4.69) is 21.2 Å². The average molecular weight is 400 g/mol. The van der Waals surface area contributed by atoms with Crippen LogP contribution in [0.1, 0.15) is 5.56 Å². The van der Waals surface area contributed by atoms with Gasteiger partial charge >= 0.3 is 0 Å². The number of benzene rings is 2. The van der Waals surface area contributed by atoms with Crippen LogP contribution in [0.15, 0.2) is 58.6 Å². The van der Waals surface area contributed by atoms with Gasteiger partial charge in [0.1, 0.15) is 17.4 Å². The van der Waals surface area contributed by atoms with E-state index in [-0.39, 0.29) is 12.2 Å². The number of amides is 2. The maximum absolute atomic E-state index is 12.2. The normalized spacial score (nSPS) is 10.6. The van der Waals surface area contributed by atoms with Gasteiger partial charge in [0.2, 0.25) is 0 Å². The second kappa shape index (κ2) is 8.66. The van der Waals surface area contributed by atoms with Gasteiger partial charge in [-0.15, -0.1) is 0 Å². The Morgan fingerprint density at radius 1 is 1.16 bits per heavy atom. The topological polar surface area (TPSA) is 105 Å². The van der Waals surface area contributed by atoms with Gasteiger partial charge in [0, 0.05) is 10.2 Å². The average Bonchev–Trinajstić information content (AvgIpc) is 2.60. The molecule has 2 amide bonds. The molecular formula is C18H14BrN3O3. The first-order chi connectivity index (χ1) is 12.0. The fourth-order valence-electron chi connectivity index (χ4n) is 1.86. The van der Waals surface area contributed by atoms with Crippen molar-refractivity contribution in [1.82, 2.24) is 0 Å². The van der Waals surface area contributed by atoms with Crippen LogP contribution < -0.4 is 15.8 Å². The first-order valence-electron chi connectivity index (χ1n) is 7.18. The van der Waals surface area contributed by atoms with Gasteiger partial charge in [0.15, 0.2) is 6.61 Å². The SMILES string of the molecule is N#C/C(=C/c1ccc(OCC(N)=O)cc1)C(=O)Nc1ccc(Br)cc1. The van der Waals surface area contributed by atoms with Crippen LogP contribution in [0.3, 0.4) is 0 Å². The molecular weight excluding hydrogens is 386 g/mol. The standard InChI is InChI=1S/C18H14BrN3O3/c19-14-3-5-15(6-4-14)22-18(24)13(10-20)9-12-1-7-16(8-2-12)25-11-17(21)23/h1-9H,11H2,(H2,21,23)(H,22,24)/b13-9-. The number of ether oxygens (including phenoxy) is 1. The summed E-state index contributed by atoms with van der Waals surface area (Å²) in [4.78, 5) is 22.9. The number of nitrogens with two attached hydrogens (primary N) is 1. The molecule has 7 heteroatoms. The highest BCUT2D eigenvalue weighted by atomic mass is 79.9. The summed E-state index contributed by atoms with van der Waals surface area (Å²) in [6.45, 7) is -0.214. The highest BCUT2D eigenvalue weighted by Crippen LogP contribution is 2.17. The maximum atomic E-state index is 12.2. The molecule has 0 saturated carbocycles. The Bertz CT molecular complexity index is 837. The number of nitrogens with one attached hydrogen (secondary N) is 1. The minimum atomic E-state index is -0.569. The lowest BCUT2D eigenvalue weighted by Crippen LogP contribution is -2.19. The molecule has 0 heterocycles. The number of rotatable bonds is 6. The number of primary amides is 1. The van der Waals surface area contributed by atoms with Gasteiger partial charge in [0.25, 0.3) is 11.8 Å². The van der Waals surface area contributed by atoms with Crippen LogP contribution in [0.5, 0.6) is 5.75 Å². The molecule has 0 saturated heterocycles. The van der Waals surface area contributed by atoms with Crippen molar-refractivity contribution in [2.45, 2.75) is 0 Å². The molecule has 0 aliphatic heterocycles. The zero-order valence-corrected chi connectivity index (χ0v) is 14.6. The van der Waals surface area contributed by atoms with E-state index in [1.807, 2.05) is 6.07 Å². The zero-order valence-electron chi connectivity index (χ0n) is 13.0. The lowest BCUT2D eigenvalue weighted by molar-refractivity contribution is -0.120. The zero-order chi connectivity index (χ0) is 18.2. The summed E-state index contributed by atoms with van der Waals surface area (Å²) in [5.74, 6) is -0.604. The van der Waals surface area contributed by atoms with Gasteiger partial charge in [-0.2, -0.15) is 5.26 Å². The second-order valence-corrected chi connectivity index (χ2v) is 5.87. The van der Waals surface area contributed by atoms with Gasteiger partial charge < -0.3 is 15.8 Å². The summed E-state index contributed by atoms with van der Waals surface area (Å²) < 4.78 is 6.04. The number of nitrogens with zero attached hydrogens (tertiary/aromatic N) is 1. The third-order valence-corrected chi connectivity index (χ3v) is 3.57. The predicted molar refractivity (Wildman–Crippen MR) is 97.5 cm³/mol. The molecule has 0 spiro atoms. The number of carbonyl (C=O) groups excluding carboxylic acids is 2.